The van der Waals surface area contributed by atoms with E-state index in [1.807, 2.05) is 54.6 Å². The fraction of sp³-hybridized carbons (Fsp3) is 0.0714. The molecule has 17 heavy (non-hydrogen) atoms. The number of aliphatic imine (C=N–C) groups is 1. The molecule has 0 spiro atoms. The van der Waals surface area contributed by atoms with Crippen molar-refractivity contribution in [3.8, 4) is 0 Å². The van der Waals surface area contributed by atoms with E-state index in [-0.39, 0.29) is 0 Å². The molecule has 2 N–H and O–H groups in total. The lowest BCUT2D eigenvalue weighted by Crippen LogP contribution is -2.13. The lowest BCUT2D eigenvalue weighted by atomic mass is 10.2. The van der Waals surface area contributed by atoms with E-state index in [1.54, 1.807) is 0 Å². The fourth-order valence-corrected chi connectivity index (χ4v) is 1.96. The van der Waals surface area contributed by atoms with Crippen molar-refractivity contribution in [2.75, 3.05) is 0 Å². The lowest BCUT2D eigenvalue weighted by molar-refractivity contribution is 1.06. The van der Waals surface area contributed by atoms with E-state index in [0.717, 1.165) is 15.6 Å². The molecule has 0 saturated heterocycles. The van der Waals surface area contributed by atoms with E-state index in [1.165, 1.54) is 0 Å². The Morgan fingerprint density at radius 2 is 1.82 bits per heavy atom. The first-order chi connectivity index (χ1) is 8.25. The van der Waals surface area contributed by atoms with Crippen LogP contribution in [0.1, 0.15) is 11.1 Å². The van der Waals surface area contributed by atoms with Crippen LogP contribution in [-0.2, 0) is 6.54 Å². The summed E-state index contributed by atoms with van der Waals surface area (Å²) in [6.45, 7) is 0.597. The Morgan fingerprint density at radius 1 is 1.06 bits per heavy atom. The zero-order chi connectivity index (χ0) is 12.1. The van der Waals surface area contributed by atoms with Gasteiger partial charge in [-0.05, 0) is 17.7 Å². The van der Waals surface area contributed by atoms with E-state index in [4.69, 9.17) is 5.73 Å². The summed E-state index contributed by atoms with van der Waals surface area (Å²) < 4.78 is 1.06. The smallest absolute Gasteiger partial charge is 0.125 e. The van der Waals surface area contributed by atoms with Gasteiger partial charge < -0.3 is 5.73 Å². The van der Waals surface area contributed by atoms with Crippen molar-refractivity contribution in [3.05, 3.63) is 70.2 Å². The topological polar surface area (TPSA) is 38.4 Å². The molecule has 0 unspecified atom stereocenters. The van der Waals surface area contributed by atoms with Gasteiger partial charge in [0.05, 0.1) is 6.54 Å². The number of rotatable bonds is 3. The lowest BCUT2D eigenvalue weighted by Gasteiger charge is -2.01. The molecule has 0 aliphatic carbocycles. The minimum atomic E-state index is 0.575. The molecule has 0 aliphatic rings. The zero-order valence-corrected chi connectivity index (χ0v) is 10.9. The van der Waals surface area contributed by atoms with Gasteiger partial charge >= 0.3 is 0 Å². The molecule has 2 aromatic carbocycles. The Balaban J connectivity index is 2.11. The molecule has 0 aromatic heterocycles. The third kappa shape index (κ3) is 3.43. The second-order valence-electron chi connectivity index (χ2n) is 3.70. The molecule has 2 nitrogen and oxygen atoms in total. The largest absolute Gasteiger partial charge is 0.383 e. The number of nitrogens with zero attached hydrogens (tertiary/aromatic N) is 1. The number of nitrogens with two attached hydrogens (primary N) is 1. The predicted molar refractivity (Wildman–Crippen MR) is 75.0 cm³/mol. The highest BCUT2D eigenvalue weighted by atomic mass is 79.9. The van der Waals surface area contributed by atoms with Crippen LogP contribution in [0, 0.1) is 0 Å². The average Bonchev–Trinajstić information content (AvgIpc) is 2.37. The summed E-state index contributed by atoms with van der Waals surface area (Å²) in [6, 6.07) is 17.9. The molecule has 0 bridgehead atoms. The summed E-state index contributed by atoms with van der Waals surface area (Å²) in [4.78, 5) is 4.38. The van der Waals surface area contributed by atoms with Crippen LogP contribution >= 0.6 is 15.9 Å². The van der Waals surface area contributed by atoms with Crippen LogP contribution in [0.2, 0.25) is 0 Å². The Labute approximate surface area is 109 Å². The van der Waals surface area contributed by atoms with E-state index in [9.17, 15) is 0 Å². The van der Waals surface area contributed by atoms with E-state index in [0.29, 0.717) is 12.4 Å². The molecular weight excluding hydrogens is 276 g/mol. The highest BCUT2D eigenvalue weighted by Gasteiger charge is 1.97. The minimum Gasteiger partial charge on any atom is -0.383 e. The Hall–Kier alpha value is -1.61. The SMILES string of the molecule is NC(=NCc1cccc(Br)c1)c1ccccc1. The number of hydrogen-bond acceptors (Lipinski definition) is 1. The standard InChI is InChI=1S/C14H13BrN2/c15-13-8-4-5-11(9-13)10-17-14(16)12-6-2-1-3-7-12/h1-9H,10H2,(H2,16,17). The average molecular weight is 289 g/mol. The summed E-state index contributed by atoms with van der Waals surface area (Å²) in [5.41, 5.74) is 8.02. The summed E-state index contributed by atoms with van der Waals surface area (Å²) in [6.07, 6.45) is 0. The van der Waals surface area contributed by atoms with Crippen molar-refractivity contribution in [1.82, 2.24) is 0 Å². The van der Waals surface area contributed by atoms with Gasteiger partial charge in [0, 0.05) is 10.0 Å². The van der Waals surface area contributed by atoms with Crippen LogP contribution in [-0.4, -0.2) is 5.84 Å². The van der Waals surface area contributed by atoms with Crippen LogP contribution in [0.15, 0.2) is 64.1 Å². The van der Waals surface area contributed by atoms with Crippen molar-refractivity contribution in [3.63, 3.8) is 0 Å². The molecule has 0 amide bonds. The van der Waals surface area contributed by atoms with Crippen LogP contribution in [0.4, 0.5) is 0 Å². The molecular formula is C14H13BrN2. The first kappa shape index (κ1) is 11.9. The molecule has 0 aliphatic heterocycles. The highest BCUT2D eigenvalue weighted by molar-refractivity contribution is 9.10. The summed E-state index contributed by atoms with van der Waals surface area (Å²) in [7, 11) is 0. The third-order valence-corrected chi connectivity index (χ3v) is 2.88. The maximum atomic E-state index is 5.92. The van der Waals surface area contributed by atoms with E-state index < -0.39 is 0 Å². The molecule has 2 rings (SSSR count). The molecule has 2 aromatic rings. The molecule has 0 fully saturated rings. The van der Waals surface area contributed by atoms with E-state index >= 15 is 0 Å². The van der Waals surface area contributed by atoms with Crippen molar-refractivity contribution < 1.29 is 0 Å². The maximum absolute atomic E-state index is 5.92. The van der Waals surface area contributed by atoms with Gasteiger partial charge in [0.2, 0.25) is 0 Å². The van der Waals surface area contributed by atoms with Gasteiger partial charge in [0.25, 0.3) is 0 Å². The monoisotopic (exact) mass is 288 g/mol. The number of hydrogen-bond donors (Lipinski definition) is 1. The van der Waals surface area contributed by atoms with Crippen LogP contribution < -0.4 is 5.73 Å². The Kier molecular flexibility index (Phi) is 3.94. The van der Waals surface area contributed by atoms with Crippen molar-refractivity contribution in [2.24, 2.45) is 10.7 Å². The van der Waals surface area contributed by atoms with Crippen molar-refractivity contribution >= 4 is 21.8 Å². The number of amidine groups is 1. The normalized spacial score (nSPS) is 11.5. The fourth-order valence-electron chi connectivity index (χ4n) is 1.51. The predicted octanol–water partition coefficient (Wildman–Crippen LogP) is 3.35. The molecule has 3 heteroatoms. The zero-order valence-electron chi connectivity index (χ0n) is 9.31. The summed E-state index contributed by atoms with van der Waals surface area (Å²) in [5, 5.41) is 0. The Morgan fingerprint density at radius 3 is 2.53 bits per heavy atom. The van der Waals surface area contributed by atoms with Crippen molar-refractivity contribution in [1.29, 1.82) is 0 Å². The number of benzene rings is 2. The van der Waals surface area contributed by atoms with Gasteiger partial charge in [-0.2, -0.15) is 0 Å². The highest BCUT2D eigenvalue weighted by Crippen LogP contribution is 2.12. The first-order valence-corrected chi connectivity index (χ1v) is 6.15. The van der Waals surface area contributed by atoms with Crippen molar-refractivity contribution in [2.45, 2.75) is 6.54 Å². The molecule has 86 valence electrons. The van der Waals surface area contributed by atoms with Gasteiger partial charge in [-0.3, -0.25) is 4.99 Å². The van der Waals surface area contributed by atoms with Crippen LogP contribution in [0.3, 0.4) is 0 Å². The van der Waals surface area contributed by atoms with Gasteiger partial charge in [-0.25, -0.2) is 0 Å². The molecule has 0 atom stereocenters. The number of halogens is 1. The Bertz CT molecular complexity index is 521. The third-order valence-electron chi connectivity index (χ3n) is 2.39. The maximum Gasteiger partial charge on any atom is 0.125 e. The van der Waals surface area contributed by atoms with Gasteiger partial charge in [-0.1, -0.05) is 58.4 Å². The second-order valence-corrected chi connectivity index (χ2v) is 4.61. The summed E-state index contributed by atoms with van der Waals surface area (Å²) in [5.74, 6) is 0.575. The molecule has 0 radical (unpaired) electrons. The van der Waals surface area contributed by atoms with Gasteiger partial charge in [0.15, 0.2) is 0 Å². The van der Waals surface area contributed by atoms with Gasteiger partial charge in [0.1, 0.15) is 5.84 Å². The second kappa shape index (κ2) is 5.64. The van der Waals surface area contributed by atoms with Gasteiger partial charge in [-0.15, -0.1) is 0 Å². The van der Waals surface area contributed by atoms with Crippen LogP contribution in [0.5, 0.6) is 0 Å². The van der Waals surface area contributed by atoms with E-state index in [2.05, 4.69) is 20.9 Å². The first-order valence-electron chi connectivity index (χ1n) is 5.35. The molecule has 0 heterocycles. The van der Waals surface area contributed by atoms with Crippen LogP contribution in [0.25, 0.3) is 0 Å². The summed E-state index contributed by atoms with van der Waals surface area (Å²) >= 11 is 3.43. The molecule has 0 saturated carbocycles. The quantitative estimate of drug-likeness (QED) is 0.683. The minimum absolute atomic E-state index is 0.575.